The molecule has 0 aliphatic rings. The first kappa shape index (κ1) is 13.1. The quantitative estimate of drug-likeness (QED) is 0.599. The number of aryl methyl sites for hydroxylation is 1. The standard InChI is InChI=1S/C10H11BFN3O2S/c1-15-10(13-6-14-15)18-5-7-2-3-9(12)8(4-7)11(16)17/h2-4,6,16-17H,5H2,1H3. The Morgan fingerprint density at radius 2 is 2.22 bits per heavy atom. The molecule has 0 fully saturated rings. The summed E-state index contributed by atoms with van der Waals surface area (Å²) in [5.74, 6) is -0.0793. The summed E-state index contributed by atoms with van der Waals surface area (Å²) >= 11 is 1.44. The van der Waals surface area contributed by atoms with Crippen molar-refractivity contribution < 1.29 is 14.4 Å². The number of hydrogen-bond acceptors (Lipinski definition) is 5. The summed E-state index contributed by atoms with van der Waals surface area (Å²) in [6.07, 6.45) is 1.45. The van der Waals surface area contributed by atoms with Crippen LogP contribution in [-0.4, -0.2) is 31.9 Å². The van der Waals surface area contributed by atoms with E-state index < -0.39 is 12.9 Å². The van der Waals surface area contributed by atoms with E-state index in [1.807, 2.05) is 0 Å². The molecule has 0 aliphatic carbocycles. The number of halogens is 1. The van der Waals surface area contributed by atoms with Crippen LogP contribution >= 0.6 is 11.8 Å². The van der Waals surface area contributed by atoms with E-state index in [1.54, 1.807) is 17.8 Å². The SMILES string of the molecule is Cn1ncnc1SCc1ccc(F)c(B(O)O)c1. The highest BCUT2D eigenvalue weighted by Crippen LogP contribution is 2.19. The zero-order valence-electron chi connectivity index (χ0n) is 9.62. The third-order valence-electron chi connectivity index (χ3n) is 2.38. The summed E-state index contributed by atoms with van der Waals surface area (Å²) in [6.45, 7) is 0. The van der Waals surface area contributed by atoms with Crippen molar-refractivity contribution in [1.29, 1.82) is 0 Å². The lowest BCUT2D eigenvalue weighted by molar-refractivity contribution is 0.423. The van der Waals surface area contributed by atoms with Crippen molar-refractivity contribution in [3.8, 4) is 0 Å². The molecular formula is C10H11BFN3O2S. The lowest BCUT2D eigenvalue weighted by atomic mass is 9.79. The Kier molecular flexibility index (Phi) is 4.00. The molecule has 0 amide bonds. The van der Waals surface area contributed by atoms with E-state index in [4.69, 9.17) is 10.0 Å². The van der Waals surface area contributed by atoms with Gasteiger partial charge < -0.3 is 10.0 Å². The topological polar surface area (TPSA) is 71.2 Å². The van der Waals surface area contributed by atoms with Crippen LogP contribution in [-0.2, 0) is 12.8 Å². The van der Waals surface area contributed by atoms with Gasteiger partial charge in [-0.25, -0.2) is 14.1 Å². The maximum absolute atomic E-state index is 13.2. The molecule has 5 nitrogen and oxygen atoms in total. The molecule has 8 heteroatoms. The van der Waals surface area contributed by atoms with Crippen molar-refractivity contribution in [3.05, 3.63) is 35.9 Å². The monoisotopic (exact) mass is 267 g/mol. The molecule has 1 aromatic heterocycles. The molecule has 0 saturated carbocycles. The number of benzene rings is 1. The van der Waals surface area contributed by atoms with Crippen LogP contribution in [0.5, 0.6) is 0 Å². The fourth-order valence-corrected chi connectivity index (χ4v) is 2.28. The smallest absolute Gasteiger partial charge is 0.423 e. The molecule has 0 radical (unpaired) electrons. The molecule has 0 atom stereocenters. The van der Waals surface area contributed by atoms with E-state index in [1.165, 1.54) is 30.2 Å². The van der Waals surface area contributed by atoms with Crippen LogP contribution in [0.1, 0.15) is 5.56 Å². The Morgan fingerprint density at radius 1 is 1.44 bits per heavy atom. The van der Waals surface area contributed by atoms with Crippen molar-refractivity contribution in [1.82, 2.24) is 14.8 Å². The number of thioether (sulfide) groups is 1. The van der Waals surface area contributed by atoms with Gasteiger partial charge in [0.25, 0.3) is 0 Å². The molecule has 94 valence electrons. The number of rotatable bonds is 4. The van der Waals surface area contributed by atoms with Gasteiger partial charge in [-0.05, 0) is 11.6 Å². The first-order valence-corrected chi connectivity index (χ1v) is 6.17. The molecule has 18 heavy (non-hydrogen) atoms. The Hall–Kier alpha value is -1.38. The molecule has 1 heterocycles. The van der Waals surface area contributed by atoms with Crippen LogP contribution in [0.3, 0.4) is 0 Å². The molecule has 2 N–H and O–H groups in total. The fraction of sp³-hybridized carbons (Fsp3) is 0.200. The van der Waals surface area contributed by atoms with E-state index >= 15 is 0 Å². The van der Waals surface area contributed by atoms with Gasteiger partial charge in [0.2, 0.25) is 0 Å². The van der Waals surface area contributed by atoms with Crippen molar-refractivity contribution in [2.75, 3.05) is 0 Å². The Balaban J connectivity index is 2.10. The zero-order valence-corrected chi connectivity index (χ0v) is 10.4. The second kappa shape index (κ2) is 5.51. The second-order valence-corrected chi connectivity index (χ2v) is 4.63. The van der Waals surface area contributed by atoms with Crippen LogP contribution < -0.4 is 5.46 Å². The maximum Gasteiger partial charge on any atom is 0.491 e. The first-order chi connectivity index (χ1) is 8.58. The summed E-state index contributed by atoms with van der Waals surface area (Å²) in [5.41, 5.74) is 0.665. The first-order valence-electron chi connectivity index (χ1n) is 5.19. The molecule has 0 aliphatic heterocycles. The van der Waals surface area contributed by atoms with Crippen LogP contribution in [0.2, 0.25) is 0 Å². The minimum Gasteiger partial charge on any atom is -0.423 e. The molecule has 1 aromatic carbocycles. The van der Waals surface area contributed by atoms with Gasteiger partial charge in [0.15, 0.2) is 5.16 Å². The van der Waals surface area contributed by atoms with Crippen molar-refractivity contribution in [3.63, 3.8) is 0 Å². The summed E-state index contributed by atoms with van der Waals surface area (Å²) in [6, 6.07) is 4.26. The van der Waals surface area contributed by atoms with Crippen molar-refractivity contribution in [2.24, 2.45) is 7.05 Å². The zero-order chi connectivity index (χ0) is 13.1. The summed E-state index contributed by atoms with van der Waals surface area (Å²) in [5, 5.41) is 22.7. The van der Waals surface area contributed by atoms with Crippen molar-refractivity contribution in [2.45, 2.75) is 10.9 Å². The third-order valence-corrected chi connectivity index (χ3v) is 3.48. The van der Waals surface area contributed by atoms with E-state index in [0.29, 0.717) is 5.75 Å². The Morgan fingerprint density at radius 3 is 2.83 bits per heavy atom. The van der Waals surface area contributed by atoms with Gasteiger partial charge in [-0.1, -0.05) is 23.9 Å². The fourth-order valence-electron chi connectivity index (χ4n) is 1.45. The van der Waals surface area contributed by atoms with Gasteiger partial charge in [-0.3, -0.25) is 0 Å². The van der Waals surface area contributed by atoms with Crippen LogP contribution in [0.4, 0.5) is 4.39 Å². The number of nitrogens with zero attached hydrogens (tertiary/aromatic N) is 3. The van der Waals surface area contributed by atoms with Gasteiger partial charge in [0, 0.05) is 18.3 Å². The summed E-state index contributed by atoms with van der Waals surface area (Å²) in [7, 11) is -0.0205. The number of hydrogen-bond donors (Lipinski definition) is 2. The lowest BCUT2D eigenvalue weighted by Crippen LogP contribution is -2.33. The molecule has 2 aromatic rings. The summed E-state index contributed by atoms with van der Waals surface area (Å²) < 4.78 is 14.9. The molecule has 0 bridgehead atoms. The minimum absolute atomic E-state index is 0.119. The highest BCUT2D eigenvalue weighted by atomic mass is 32.2. The average Bonchev–Trinajstić information content (AvgIpc) is 2.73. The Bertz CT molecular complexity index is 550. The molecule has 0 unspecified atom stereocenters. The van der Waals surface area contributed by atoms with Gasteiger partial charge in [0.1, 0.15) is 12.1 Å². The Labute approximate surface area is 108 Å². The highest BCUT2D eigenvalue weighted by molar-refractivity contribution is 7.98. The maximum atomic E-state index is 13.2. The summed E-state index contributed by atoms with van der Waals surface area (Å²) in [4.78, 5) is 4.05. The van der Waals surface area contributed by atoms with E-state index in [-0.39, 0.29) is 5.46 Å². The highest BCUT2D eigenvalue weighted by Gasteiger charge is 2.16. The predicted octanol–water partition coefficient (Wildman–Crippen LogP) is -0.0737. The molecule has 0 saturated heterocycles. The lowest BCUT2D eigenvalue weighted by Gasteiger charge is -2.05. The minimum atomic E-state index is -1.80. The van der Waals surface area contributed by atoms with Crippen molar-refractivity contribution >= 4 is 24.3 Å². The normalized spacial score (nSPS) is 10.7. The number of aromatic nitrogens is 3. The largest absolute Gasteiger partial charge is 0.491 e. The molecular weight excluding hydrogens is 256 g/mol. The van der Waals surface area contributed by atoms with E-state index in [2.05, 4.69) is 10.1 Å². The predicted molar refractivity (Wildman–Crippen MR) is 66.8 cm³/mol. The molecule has 2 rings (SSSR count). The second-order valence-electron chi connectivity index (χ2n) is 3.68. The van der Waals surface area contributed by atoms with Crippen LogP contribution in [0.15, 0.2) is 29.7 Å². The van der Waals surface area contributed by atoms with Gasteiger partial charge >= 0.3 is 7.12 Å². The van der Waals surface area contributed by atoms with E-state index in [0.717, 1.165) is 10.7 Å². The third kappa shape index (κ3) is 2.89. The average molecular weight is 267 g/mol. The van der Waals surface area contributed by atoms with Crippen LogP contribution in [0.25, 0.3) is 0 Å². The molecule has 0 spiro atoms. The van der Waals surface area contributed by atoms with Gasteiger partial charge in [-0.15, -0.1) is 0 Å². The van der Waals surface area contributed by atoms with Gasteiger partial charge in [-0.2, -0.15) is 5.10 Å². The van der Waals surface area contributed by atoms with Crippen LogP contribution in [0, 0.1) is 5.82 Å². The van der Waals surface area contributed by atoms with Gasteiger partial charge in [0.05, 0.1) is 0 Å². The van der Waals surface area contributed by atoms with E-state index in [9.17, 15) is 4.39 Å².